The number of hydrazone groups is 1. The van der Waals surface area contributed by atoms with Crippen LogP contribution in [0.4, 0.5) is 0 Å². The van der Waals surface area contributed by atoms with Crippen LogP contribution < -0.4 is 14.9 Å². The number of benzene rings is 3. The average molecular weight is 515 g/mol. The number of hydrogen-bond donors (Lipinski definition) is 2. The number of fused-ring (bicyclic) bond motifs is 1. The number of hydrogen-bond acceptors (Lipinski definition) is 7. The molecule has 3 rings (SSSR count). The summed E-state index contributed by atoms with van der Waals surface area (Å²) in [4.78, 5) is 24.1. The zero-order valence-corrected chi connectivity index (χ0v) is 19.7. The molecule has 1 amide bonds. The van der Waals surface area contributed by atoms with Crippen LogP contribution in [0.1, 0.15) is 29.8 Å². The third-order valence-corrected chi connectivity index (χ3v) is 5.18. The number of aromatic hydroxyl groups is 1. The molecule has 0 bridgehead atoms. The first-order chi connectivity index (χ1) is 15.9. The van der Waals surface area contributed by atoms with Gasteiger partial charge in [0.2, 0.25) is 0 Å². The average Bonchev–Trinajstić information content (AvgIpc) is 2.79. The minimum Gasteiger partial charge on any atom is -0.507 e. The van der Waals surface area contributed by atoms with Crippen molar-refractivity contribution < 1.29 is 28.9 Å². The van der Waals surface area contributed by atoms with Crippen molar-refractivity contribution >= 4 is 44.8 Å². The van der Waals surface area contributed by atoms with E-state index >= 15 is 0 Å². The fourth-order valence-corrected chi connectivity index (χ4v) is 3.43. The number of halogens is 1. The zero-order chi connectivity index (χ0) is 23.8. The van der Waals surface area contributed by atoms with Gasteiger partial charge in [-0.25, -0.2) is 10.2 Å². The Morgan fingerprint density at radius 2 is 1.73 bits per heavy atom. The number of ether oxygens (including phenoxy) is 3. The molecule has 0 aromatic heterocycles. The first-order valence-corrected chi connectivity index (χ1v) is 11.0. The highest BCUT2D eigenvalue weighted by Crippen LogP contribution is 2.33. The van der Waals surface area contributed by atoms with Gasteiger partial charge < -0.3 is 19.3 Å². The molecule has 0 atom stereocenters. The van der Waals surface area contributed by atoms with E-state index in [9.17, 15) is 14.7 Å². The Kier molecular flexibility index (Phi) is 8.26. The standard InChI is InChI=1S/C24H23BrN2O6/c1-3-31-21-11-17(19(25)12-22(21)33-14-23(29)32-4-2)13-26-27-24(30)18-9-15-7-5-6-8-16(15)10-20(18)28/h5-13,28H,3-4,14H2,1-2H3,(H,27,30). The molecule has 9 heteroatoms. The molecule has 3 aromatic rings. The van der Waals surface area contributed by atoms with Crippen molar-refractivity contribution in [2.75, 3.05) is 19.8 Å². The zero-order valence-electron chi connectivity index (χ0n) is 18.1. The molecular formula is C24H23BrN2O6. The van der Waals surface area contributed by atoms with Gasteiger partial charge in [0.05, 0.1) is 25.0 Å². The van der Waals surface area contributed by atoms with Gasteiger partial charge in [0.1, 0.15) is 5.75 Å². The van der Waals surface area contributed by atoms with Crippen LogP contribution in [0.15, 0.2) is 58.1 Å². The van der Waals surface area contributed by atoms with Crippen molar-refractivity contribution in [3.63, 3.8) is 0 Å². The van der Waals surface area contributed by atoms with Crippen molar-refractivity contribution in [1.82, 2.24) is 5.43 Å². The monoisotopic (exact) mass is 514 g/mol. The summed E-state index contributed by atoms with van der Waals surface area (Å²) in [6.45, 7) is 3.93. The lowest BCUT2D eigenvalue weighted by Crippen LogP contribution is -2.18. The summed E-state index contributed by atoms with van der Waals surface area (Å²) in [7, 11) is 0. The predicted octanol–water partition coefficient (Wildman–Crippen LogP) is 4.41. The van der Waals surface area contributed by atoms with E-state index < -0.39 is 11.9 Å². The highest BCUT2D eigenvalue weighted by Gasteiger charge is 2.14. The number of carbonyl (C=O) groups excluding carboxylic acids is 2. The lowest BCUT2D eigenvalue weighted by Gasteiger charge is -2.13. The van der Waals surface area contributed by atoms with Crippen molar-refractivity contribution in [1.29, 1.82) is 0 Å². The molecule has 3 aromatic carbocycles. The van der Waals surface area contributed by atoms with E-state index in [1.165, 1.54) is 12.3 Å². The number of phenols is 1. The van der Waals surface area contributed by atoms with Gasteiger partial charge in [-0.15, -0.1) is 0 Å². The smallest absolute Gasteiger partial charge is 0.344 e. The van der Waals surface area contributed by atoms with Crippen molar-refractivity contribution in [2.45, 2.75) is 13.8 Å². The third kappa shape index (κ3) is 6.23. The largest absolute Gasteiger partial charge is 0.507 e. The predicted molar refractivity (Wildman–Crippen MR) is 128 cm³/mol. The lowest BCUT2D eigenvalue weighted by molar-refractivity contribution is -0.145. The molecule has 0 aliphatic heterocycles. The van der Waals surface area contributed by atoms with Crippen LogP contribution in [-0.4, -0.2) is 43.0 Å². The molecule has 0 radical (unpaired) electrons. The Hall–Kier alpha value is -3.59. The molecule has 2 N–H and O–H groups in total. The lowest BCUT2D eigenvalue weighted by atomic mass is 10.1. The van der Waals surface area contributed by atoms with Crippen LogP contribution in [-0.2, 0) is 9.53 Å². The summed E-state index contributed by atoms with van der Waals surface area (Å²) in [6.07, 6.45) is 1.43. The van der Waals surface area contributed by atoms with Gasteiger partial charge in [-0.2, -0.15) is 5.10 Å². The van der Waals surface area contributed by atoms with Crippen LogP contribution in [0.5, 0.6) is 17.2 Å². The van der Waals surface area contributed by atoms with E-state index in [-0.39, 0.29) is 24.5 Å². The normalized spacial score (nSPS) is 10.9. The minimum absolute atomic E-state index is 0.114. The van der Waals surface area contributed by atoms with E-state index in [2.05, 4.69) is 26.5 Å². The molecule has 0 saturated heterocycles. The summed E-state index contributed by atoms with van der Waals surface area (Å²) in [5, 5.41) is 15.9. The Labute approximate surface area is 199 Å². The Bertz CT molecular complexity index is 1200. The quantitative estimate of drug-likeness (QED) is 0.249. The van der Waals surface area contributed by atoms with Gasteiger partial charge in [0.25, 0.3) is 5.91 Å². The second-order valence-corrected chi connectivity index (χ2v) is 7.62. The minimum atomic E-state index is -0.551. The summed E-state index contributed by atoms with van der Waals surface area (Å²) in [5.41, 5.74) is 3.13. The van der Waals surface area contributed by atoms with Gasteiger partial charge in [-0.3, -0.25) is 4.79 Å². The SMILES string of the molecule is CCOC(=O)COc1cc(Br)c(C=NNC(=O)c2cc3ccccc3cc2O)cc1OCC. The first kappa shape index (κ1) is 24.1. The summed E-state index contributed by atoms with van der Waals surface area (Å²) in [6, 6.07) is 13.9. The van der Waals surface area contributed by atoms with E-state index in [4.69, 9.17) is 14.2 Å². The number of esters is 1. The van der Waals surface area contributed by atoms with Crippen LogP contribution in [0, 0.1) is 0 Å². The number of nitrogens with zero attached hydrogens (tertiary/aromatic N) is 1. The molecule has 0 aliphatic rings. The van der Waals surface area contributed by atoms with E-state index in [0.717, 1.165) is 10.8 Å². The molecular weight excluding hydrogens is 492 g/mol. The van der Waals surface area contributed by atoms with Gasteiger partial charge in [-0.1, -0.05) is 24.3 Å². The summed E-state index contributed by atoms with van der Waals surface area (Å²) >= 11 is 3.43. The molecule has 0 saturated carbocycles. The molecule has 0 spiro atoms. The van der Waals surface area contributed by atoms with Crippen LogP contribution in [0.25, 0.3) is 10.8 Å². The molecule has 0 unspecified atom stereocenters. The highest BCUT2D eigenvalue weighted by molar-refractivity contribution is 9.10. The maximum Gasteiger partial charge on any atom is 0.344 e. The fourth-order valence-electron chi connectivity index (χ4n) is 3.00. The van der Waals surface area contributed by atoms with Crippen molar-refractivity contribution in [3.05, 3.63) is 64.1 Å². The third-order valence-electron chi connectivity index (χ3n) is 4.49. The first-order valence-electron chi connectivity index (χ1n) is 10.2. The molecule has 0 fully saturated rings. The maximum atomic E-state index is 12.5. The Morgan fingerprint density at radius 1 is 1.03 bits per heavy atom. The summed E-state index contributed by atoms with van der Waals surface area (Å²) < 4.78 is 16.6. The maximum absolute atomic E-state index is 12.5. The second-order valence-electron chi connectivity index (χ2n) is 6.76. The number of nitrogens with one attached hydrogen (secondary N) is 1. The van der Waals surface area contributed by atoms with E-state index in [1.54, 1.807) is 25.1 Å². The Balaban J connectivity index is 1.75. The molecule has 0 aliphatic carbocycles. The molecule has 8 nitrogen and oxygen atoms in total. The van der Waals surface area contributed by atoms with E-state index in [0.29, 0.717) is 28.1 Å². The fraction of sp³-hybridized carbons (Fsp3) is 0.208. The van der Waals surface area contributed by atoms with Crippen molar-refractivity contribution in [3.8, 4) is 17.2 Å². The Morgan fingerprint density at radius 3 is 2.42 bits per heavy atom. The van der Waals surface area contributed by atoms with Gasteiger partial charge >= 0.3 is 5.97 Å². The van der Waals surface area contributed by atoms with Gasteiger partial charge in [0, 0.05) is 10.0 Å². The van der Waals surface area contributed by atoms with Crippen LogP contribution in [0.3, 0.4) is 0 Å². The molecule has 0 heterocycles. The summed E-state index contributed by atoms with van der Waals surface area (Å²) in [5.74, 6) is -0.403. The number of amides is 1. The number of carbonyl (C=O) groups is 2. The van der Waals surface area contributed by atoms with E-state index in [1.807, 2.05) is 31.2 Å². The van der Waals surface area contributed by atoms with Gasteiger partial charge in [-0.05, 0) is 64.8 Å². The van der Waals surface area contributed by atoms with Crippen molar-refractivity contribution in [2.24, 2.45) is 5.10 Å². The van der Waals surface area contributed by atoms with Crippen LogP contribution >= 0.6 is 15.9 Å². The number of phenolic OH excluding ortho intramolecular Hbond substituents is 1. The number of rotatable bonds is 9. The second kappa shape index (κ2) is 11.3. The molecule has 172 valence electrons. The molecule has 33 heavy (non-hydrogen) atoms. The van der Waals surface area contributed by atoms with Crippen LogP contribution in [0.2, 0.25) is 0 Å². The van der Waals surface area contributed by atoms with Gasteiger partial charge in [0.15, 0.2) is 18.1 Å². The topological polar surface area (TPSA) is 106 Å². The highest BCUT2D eigenvalue weighted by atomic mass is 79.9.